The Labute approximate surface area is 119 Å². The van der Waals surface area contributed by atoms with Crippen LogP contribution in [0.1, 0.15) is 44.9 Å². The molecule has 1 aromatic carbocycles. The van der Waals surface area contributed by atoms with Crippen molar-refractivity contribution in [1.29, 1.82) is 0 Å². The predicted octanol–water partition coefficient (Wildman–Crippen LogP) is 4.32. The van der Waals surface area contributed by atoms with E-state index in [1.165, 1.54) is 32.1 Å². The maximum absolute atomic E-state index is 12.1. The third kappa shape index (κ3) is 3.03. The van der Waals surface area contributed by atoms with Crippen LogP contribution in [0.15, 0.2) is 39.5 Å². The number of benzene rings is 1. The molecule has 0 saturated heterocycles. The Balaban J connectivity index is 1.81. The molecule has 1 aliphatic rings. The van der Waals surface area contributed by atoms with E-state index < -0.39 is 0 Å². The highest BCUT2D eigenvalue weighted by Gasteiger charge is 2.13. The molecule has 1 heterocycles. The molecule has 1 aliphatic carbocycles. The van der Waals surface area contributed by atoms with E-state index in [1.807, 2.05) is 18.2 Å². The Morgan fingerprint density at radius 3 is 2.50 bits per heavy atom. The van der Waals surface area contributed by atoms with Crippen LogP contribution in [0.25, 0.3) is 11.0 Å². The Morgan fingerprint density at radius 1 is 1.00 bits per heavy atom. The highest BCUT2D eigenvalue weighted by Crippen LogP contribution is 2.22. The van der Waals surface area contributed by atoms with Crippen molar-refractivity contribution >= 4 is 16.9 Å². The summed E-state index contributed by atoms with van der Waals surface area (Å²) in [5.41, 5.74) is 0.688. The fourth-order valence-electron chi connectivity index (χ4n) is 2.98. The van der Waals surface area contributed by atoms with E-state index in [1.54, 1.807) is 12.1 Å². The quantitative estimate of drug-likeness (QED) is 0.884. The predicted molar refractivity (Wildman–Crippen MR) is 82.2 cm³/mol. The van der Waals surface area contributed by atoms with Gasteiger partial charge in [-0.25, -0.2) is 0 Å². The van der Waals surface area contributed by atoms with Crippen molar-refractivity contribution in [2.24, 2.45) is 0 Å². The zero-order valence-corrected chi connectivity index (χ0v) is 11.7. The number of rotatable bonds is 2. The molecule has 0 bridgehead atoms. The molecule has 0 amide bonds. The molecular weight excluding hydrogens is 250 g/mol. The lowest BCUT2D eigenvalue weighted by molar-refractivity contribution is 0.462. The number of hydrogen-bond donors (Lipinski definition) is 1. The largest absolute Gasteiger partial charge is 0.440 e. The van der Waals surface area contributed by atoms with Gasteiger partial charge < -0.3 is 9.73 Å². The molecule has 0 atom stereocenters. The fourth-order valence-corrected chi connectivity index (χ4v) is 2.98. The van der Waals surface area contributed by atoms with Crippen LogP contribution < -0.4 is 10.7 Å². The zero-order chi connectivity index (χ0) is 13.8. The van der Waals surface area contributed by atoms with Gasteiger partial charge in [-0.05, 0) is 25.0 Å². The summed E-state index contributed by atoms with van der Waals surface area (Å²) < 4.78 is 5.81. The monoisotopic (exact) mass is 271 g/mol. The summed E-state index contributed by atoms with van der Waals surface area (Å²) in [5, 5.41) is 4.06. The second-order valence-electron chi connectivity index (χ2n) is 5.66. The Hall–Kier alpha value is -1.77. The molecular formula is C17H21NO2. The Morgan fingerprint density at radius 2 is 1.70 bits per heavy atom. The van der Waals surface area contributed by atoms with Crippen LogP contribution in [0.4, 0.5) is 5.88 Å². The second kappa shape index (κ2) is 6.12. The minimum Gasteiger partial charge on any atom is -0.440 e. The molecule has 1 fully saturated rings. The summed E-state index contributed by atoms with van der Waals surface area (Å²) in [7, 11) is 0. The average molecular weight is 271 g/mol. The lowest BCUT2D eigenvalue weighted by Crippen LogP contribution is -2.21. The van der Waals surface area contributed by atoms with Crippen molar-refractivity contribution in [3.05, 3.63) is 40.6 Å². The molecule has 3 nitrogen and oxygen atoms in total. The molecule has 1 N–H and O–H groups in total. The average Bonchev–Trinajstić information content (AvgIpc) is 2.42. The van der Waals surface area contributed by atoms with Crippen LogP contribution in [-0.4, -0.2) is 6.04 Å². The van der Waals surface area contributed by atoms with Gasteiger partial charge in [-0.1, -0.05) is 44.2 Å². The minimum atomic E-state index is 0.0280. The van der Waals surface area contributed by atoms with E-state index in [0.29, 0.717) is 22.9 Å². The van der Waals surface area contributed by atoms with E-state index in [4.69, 9.17) is 4.42 Å². The summed E-state index contributed by atoms with van der Waals surface area (Å²) in [6, 6.07) is 9.42. The molecule has 3 rings (SSSR count). The van der Waals surface area contributed by atoms with Gasteiger partial charge in [-0.15, -0.1) is 0 Å². The first-order valence-corrected chi connectivity index (χ1v) is 7.62. The van der Waals surface area contributed by atoms with Crippen LogP contribution in [-0.2, 0) is 0 Å². The SMILES string of the molecule is O=c1cc(NC2CCCCCCC2)oc2ccccc12. The Bertz CT molecular complexity index is 624. The van der Waals surface area contributed by atoms with E-state index in [2.05, 4.69) is 5.32 Å². The lowest BCUT2D eigenvalue weighted by Gasteiger charge is -2.21. The molecule has 0 aliphatic heterocycles. The van der Waals surface area contributed by atoms with Gasteiger partial charge in [-0.2, -0.15) is 0 Å². The van der Waals surface area contributed by atoms with Gasteiger partial charge in [0.05, 0.1) is 5.39 Å². The molecule has 0 radical (unpaired) electrons. The van der Waals surface area contributed by atoms with E-state index in [0.717, 1.165) is 12.8 Å². The van der Waals surface area contributed by atoms with E-state index in [-0.39, 0.29) is 5.43 Å². The first kappa shape index (κ1) is 13.2. The molecule has 106 valence electrons. The normalized spacial score (nSPS) is 17.6. The fraction of sp³-hybridized carbons (Fsp3) is 0.471. The third-order valence-corrected chi connectivity index (χ3v) is 4.09. The number of nitrogens with one attached hydrogen (secondary N) is 1. The lowest BCUT2D eigenvalue weighted by atomic mass is 9.97. The van der Waals surface area contributed by atoms with Crippen molar-refractivity contribution in [3.8, 4) is 0 Å². The third-order valence-electron chi connectivity index (χ3n) is 4.09. The topological polar surface area (TPSA) is 42.2 Å². The summed E-state index contributed by atoms with van der Waals surface area (Å²) in [6.07, 6.45) is 8.84. The van der Waals surface area contributed by atoms with Gasteiger partial charge in [0.2, 0.25) is 0 Å². The van der Waals surface area contributed by atoms with Crippen molar-refractivity contribution in [3.63, 3.8) is 0 Å². The molecule has 0 spiro atoms. The van der Waals surface area contributed by atoms with E-state index >= 15 is 0 Å². The first-order valence-electron chi connectivity index (χ1n) is 7.62. The Kier molecular flexibility index (Phi) is 4.05. The second-order valence-corrected chi connectivity index (χ2v) is 5.66. The summed E-state index contributed by atoms with van der Waals surface area (Å²) in [4.78, 5) is 12.1. The maximum Gasteiger partial charge on any atom is 0.197 e. The van der Waals surface area contributed by atoms with Crippen molar-refractivity contribution in [1.82, 2.24) is 0 Å². The maximum atomic E-state index is 12.1. The van der Waals surface area contributed by atoms with Gasteiger partial charge in [0, 0.05) is 12.1 Å². The highest BCUT2D eigenvalue weighted by atomic mass is 16.3. The van der Waals surface area contributed by atoms with Crippen LogP contribution in [0.3, 0.4) is 0 Å². The number of fused-ring (bicyclic) bond motifs is 1. The standard InChI is InChI=1S/C17H21NO2/c19-15-12-17(20-16-11-7-6-10-14(15)16)18-13-8-4-2-1-3-5-9-13/h6-7,10-13,18H,1-5,8-9H2. The molecule has 1 aromatic heterocycles. The zero-order valence-electron chi connectivity index (χ0n) is 11.7. The number of para-hydroxylation sites is 1. The van der Waals surface area contributed by atoms with Crippen LogP contribution >= 0.6 is 0 Å². The molecule has 3 heteroatoms. The summed E-state index contributed by atoms with van der Waals surface area (Å²) >= 11 is 0. The number of anilines is 1. The molecule has 2 aromatic rings. The van der Waals surface area contributed by atoms with Gasteiger partial charge in [-0.3, -0.25) is 4.79 Å². The number of hydrogen-bond acceptors (Lipinski definition) is 3. The van der Waals surface area contributed by atoms with E-state index in [9.17, 15) is 4.79 Å². The molecule has 0 unspecified atom stereocenters. The van der Waals surface area contributed by atoms with Gasteiger partial charge >= 0.3 is 0 Å². The van der Waals surface area contributed by atoms with Crippen molar-refractivity contribution < 1.29 is 4.42 Å². The summed E-state index contributed by atoms with van der Waals surface area (Å²) in [5.74, 6) is 0.610. The molecule has 20 heavy (non-hydrogen) atoms. The molecule has 1 saturated carbocycles. The van der Waals surface area contributed by atoms with Crippen molar-refractivity contribution in [2.45, 2.75) is 51.0 Å². The van der Waals surface area contributed by atoms with Gasteiger partial charge in [0.25, 0.3) is 0 Å². The minimum absolute atomic E-state index is 0.0280. The van der Waals surface area contributed by atoms with Crippen LogP contribution in [0, 0.1) is 0 Å². The highest BCUT2D eigenvalue weighted by molar-refractivity contribution is 5.77. The smallest absolute Gasteiger partial charge is 0.197 e. The summed E-state index contributed by atoms with van der Waals surface area (Å²) in [6.45, 7) is 0. The first-order chi connectivity index (χ1) is 9.83. The van der Waals surface area contributed by atoms with Crippen LogP contribution in [0.2, 0.25) is 0 Å². The van der Waals surface area contributed by atoms with Gasteiger partial charge in [0.1, 0.15) is 5.58 Å². The van der Waals surface area contributed by atoms with Crippen LogP contribution in [0.5, 0.6) is 0 Å². The van der Waals surface area contributed by atoms with Gasteiger partial charge in [0.15, 0.2) is 11.3 Å². The van der Waals surface area contributed by atoms with Crippen molar-refractivity contribution in [2.75, 3.05) is 5.32 Å².